The van der Waals surface area contributed by atoms with E-state index in [4.69, 9.17) is 11.6 Å². The summed E-state index contributed by atoms with van der Waals surface area (Å²) in [5.74, 6) is 0. The maximum absolute atomic E-state index is 6.02. The first-order valence-corrected chi connectivity index (χ1v) is 6.49. The fourth-order valence-electron chi connectivity index (χ4n) is 1.73. The average Bonchev–Trinajstić information content (AvgIpc) is 2.89. The maximum atomic E-state index is 6.02. The number of aromatic nitrogens is 3. The molecule has 0 bridgehead atoms. The first-order valence-electron chi connectivity index (χ1n) is 6.11. The predicted molar refractivity (Wildman–Crippen MR) is 72.4 cm³/mol. The predicted octanol–water partition coefficient (Wildman–Crippen LogP) is 2.50. The van der Waals surface area contributed by atoms with Crippen LogP contribution in [0.25, 0.3) is 0 Å². The van der Waals surface area contributed by atoms with Gasteiger partial charge in [0.15, 0.2) is 0 Å². The molecule has 18 heavy (non-hydrogen) atoms. The molecule has 0 atom stereocenters. The van der Waals surface area contributed by atoms with Gasteiger partial charge in [0.1, 0.15) is 0 Å². The van der Waals surface area contributed by atoms with Crippen molar-refractivity contribution in [1.29, 1.82) is 0 Å². The molecule has 5 heteroatoms. The number of nitrogens with one attached hydrogen (secondary N) is 1. The molecule has 2 rings (SSSR count). The van der Waals surface area contributed by atoms with Gasteiger partial charge in [-0.1, -0.05) is 11.6 Å². The first kappa shape index (κ1) is 13.1. The molecule has 0 aliphatic heterocycles. The van der Waals surface area contributed by atoms with Gasteiger partial charge in [0.2, 0.25) is 0 Å². The zero-order valence-electron chi connectivity index (χ0n) is 10.2. The zero-order chi connectivity index (χ0) is 12.6. The first-order chi connectivity index (χ1) is 8.86. The lowest BCUT2D eigenvalue weighted by atomic mass is 10.2. The van der Waals surface area contributed by atoms with Crippen LogP contribution >= 0.6 is 11.6 Å². The van der Waals surface area contributed by atoms with Crippen molar-refractivity contribution in [2.75, 3.05) is 6.54 Å². The molecule has 0 amide bonds. The minimum absolute atomic E-state index is 0.725. The van der Waals surface area contributed by atoms with Crippen molar-refractivity contribution in [2.24, 2.45) is 0 Å². The smallest absolute Gasteiger partial charge is 0.0945 e. The second-order valence-electron chi connectivity index (χ2n) is 4.15. The Kier molecular flexibility index (Phi) is 5.17. The Morgan fingerprint density at radius 1 is 1.22 bits per heavy atom. The van der Waals surface area contributed by atoms with Gasteiger partial charge in [-0.05, 0) is 31.0 Å². The molecule has 2 heterocycles. The Morgan fingerprint density at radius 2 is 2.17 bits per heavy atom. The molecule has 0 aromatic carbocycles. The van der Waals surface area contributed by atoms with E-state index in [1.807, 2.05) is 24.8 Å². The van der Waals surface area contributed by atoms with Gasteiger partial charge in [0.05, 0.1) is 11.3 Å². The van der Waals surface area contributed by atoms with E-state index >= 15 is 0 Å². The summed E-state index contributed by atoms with van der Waals surface area (Å²) in [5.41, 5.74) is 1.10. The molecule has 0 saturated heterocycles. The van der Waals surface area contributed by atoms with Crippen LogP contribution in [0.1, 0.15) is 18.4 Å². The second-order valence-corrected chi connectivity index (χ2v) is 4.56. The summed E-state index contributed by atoms with van der Waals surface area (Å²) in [6, 6.07) is 1.95. The zero-order valence-corrected chi connectivity index (χ0v) is 11.0. The third kappa shape index (κ3) is 4.13. The highest BCUT2D eigenvalue weighted by Crippen LogP contribution is 2.12. The van der Waals surface area contributed by atoms with E-state index in [1.165, 1.54) is 0 Å². The quantitative estimate of drug-likeness (QED) is 0.782. The summed E-state index contributed by atoms with van der Waals surface area (Å²) in [7, 11) is 0. The van der Waals surface area contributed by atoms with Crippen LogP contribution in [-0.2, 0) is 13.1 Å². The van der Waals surface area contributed by atoms with E-state index in [2.05, 4.69) is 19.9 Å². The van der Waals surface area contributed by atoms with Crippen LogP contribution < -0.4 is 5.32 Å². The van der Waals surface area contributed by atoms with Crippen LogP contribution in [0, 0.1) is 0 Å². The van der Waals surface area contributed by atoms with Crippen LogP contribution in [0.3, 0.4) is 0 Å². The van der Waals surface area contributed by atoms with E-state index in [9.17, 15) is 0 Å². The van der Waals surface area contributed by atoms with Crippen LogP contribution in [0.2, 0.25) is 5.02 Å². The fraction of sp³-hybridized carbons (Fsp3) is 0.385. The molecule has 1 N–H and O–H groups in total. The fourth-order valence-corrected chi connectivity index (χ4v) is 1.92. The summed E-state index contributed by atoms with van der Waals surface area (Å²) in [6.45, 7) is 2.82. The average molecular weight is 265 g/mol. The number of pyridine rings is 1. The highest BCUT2D eigenvalue weighted by Gasteiger charge is 1.98. The number of hydrogen-bond acceptors (Lipinski definition) is 3. The van der Waals surface area contributed by atoms with E-state index in [0.717, 1.165) is 43.1 Å². The Labute approximate surface area is 112 Å². The van der Waals surface area contributed by atoms with E-state index in [1.54, 1.807) is 12.4 Å². The lowest BCUT2D eigenvalue weighted by Gasteiger charge is -2.06. The number of unbranched alkanes of at least 4 members (excludes halogenated alkanes) is 1. The monoisotopic (exact) mass is 264 g/mol. The lowest BCUT2D eigenvalue weighted by Crippen LogP contribution is -2.15. The molecule has 0 aliphatic rings. The minimum Gasteiger partial charge on any atom is -0.337 e. The van der Waals surface area contributed by atoms with Crippen molar-refractivity contribution in [2.45, 2.75) is 25.9 Å². The third-order valence-corrected chi connectivity index (χ3v) is 3.09. The Balaban J connectivity index is 1.58. The molecule has 0 unspecified atom stereocenters. The number of aryl methyl sites for hydroxylation is 1. The second kappa shape index (κ2) is 7.13. The highest BCUT2D eigenvalue weighted by molar-refractivity contribution is 6.31. The lowest BCUT2D eigenvalue weighted by molar-refractivity contribution is 0.568. The molecule has 2 aromatic rings. The van der Waals surface area contributed by atoms with Gasteiger partial charge < -0.3 is 9.88 Å². The van der Waals surface area contributed by atoms with Crippen LogP contribution in [0.15, 0.2) is 37.2 Å². The van der Waals surface area contributed by atoms with Gasteiger partial charge >= 0.3 is 0 Å². The molecule has 0 radical (unpaired) electrons. The van der Waals surface area contributed by atoms with Crippen molar-refractivity contribution in [3.05, 3.63) is 47.8 Å². The highest BCUT2D eigenvalue weighted by atomic mass is 35.5. The molecule has 0 spiro atoms. The third-order valence-electron chi connectivity index (χ3n) is 2.75. The SMILES string of the molecule is Clc1cnccc1CNCCCCn1ccnc1. The number of nitrogens with zero attached hydrogens (tertiary/aromatic N) is 3. The molecule has 0 saturated carbocycles. The van der Waals surface area contributed by atoms with Crippen LogP contribution in [0.4, 0.5) is 0 Å². The van der Waals surface area contributed by atoms with Crippen LogP contribution in [-0.4, -0.2) is 21.1 Å². The van der Waals surface area contributed by atoms with Gasteiger partial charge in [-0.3, -0.25) is 4.98 Å². The van der Waals surface area contributed by atoms with Crippen molar-refractivity contribution in [1.82, 2.24) is 19.9 Å². The molecular formula is C13H17ClN4. The van der Waals surface area contributed by atoms with E-state index in [0.29, 0.717) is 0 Å². The van der Waals surface area contributed by atoms with Crippen molar-refractivity contribution >= 4 is 11.6 Å². The van der Waals surface area contributed by atoms with Crippen molar-refractivity contribution < 1.29 is 0 Å². The van der Waals surface area contributed by atoms with Crippen molar-refractivity contribution in [3.63, 3.8) is 0 Å². The molecule has 4 nitrogen and oxygen atoms in total. The number of halogens is 1. The summed E-state index contributed by atoms with van der Waals surface area (Å²) >= 11 is 6.02. The summed E-state index contributed by atoms with van der Waals surface area (Å²) < 4.78 is 2.10. The molecule has 2 aromatic heterocycles. The molecule has 96 valence electrons. The Hall–Kier alpha value is -1.39. The topological polar surface area (TPSA) is 42.7 Å². The Bertz CT molecular complexity index is 456. The largest absolute Gasteiger partial charge is 0.337 e. The summed E-state index contributed by atoms with van der Waals surface area (Å²) in [6.07, 6.45) is 11.4. The minimum atomic E-state index is 0.725. The van der Waals surface area contributed by atoms with Crippen molar-refractivity contribution in [3.8, 4) is 0 Å². The Morgan fingerprint density at radius 3 is 2.94 bits per heavy atom. The van der Waals surface area contributed by atoms with Gasteiger partial charge in [-0.15, -0.1) is 0 Å². The van der Waals surface area contributed by atoms with E-state index in [-0.39, 0.29) is 0 Å². The number of rotatable bonds is 7. The van der Waals surface area contributed by atoms with Gasteiger partial charge in [-0.2, -0.15) is 0 Å². The molecular weight excluding hydrogens is 248 g/mol. The number of imidazole rings is 1. The van der Waals surface area contributed by atoms with Gasteiger partial charge in [0.25, 0.3) is 0 Å². The molecule has 0 aliphatic carbocycles. The maximum Gasteiger partial charge on any atom is 0.0945 e. The molecule has 0 fully saturated rings. The van der Waals surface area contributed by atoms with Gasteiger partial charge in [0, 0.05) is 37.9 Å². The van der Waals surface area contributed by atoms with Gasteiger partial charge in [-0.25, -0.2) is 4.98 Å². The standard InChI is InChI=1S/C13H17ClN4/c14-13-10-16-5-3-12(13)9-15-4-1-2-7-18-8-6-17-11-18/h3,5-6,8,10-11,15H,1-2,4,7,9H2. The van der Waals surface area contributed by atoms with Crippen LogP contribution in [0.5, 0.6) is 0 Å². The summed E-state index contributed by atoms with van der Waals surface area (Å²) in [4.78, 5) is 7.98. The normalized spacial score (nSPS) is 10.7. The number of hydrogen-bond donors (Lipinski definition) is 1. The summed E-state index contributed by atoms with van der Waals surface area (Å²) in [5, 5.41) is 4.11. The van der Waals surface area contributed by atoms with E-state index < -0.39 is 0 Å².